The van der Waals surface area contributed by atoms with Crippen molar-refractivity contribution < 1.29 is 13.2 Å². The number of hydrogen-bond donors (Lipinski definition) is 1. The summed E-state index contributed by atoms with van der Waals surface area (Å²) in [6, 6.07) is 0. The largest absolute Gasteiger partial charge is 0.379 e. The molecule has 1 aliphatic rings. The Morgan fingerprint density at radius 3 is 1.93 bits per heavy atom. The Kier molecular flexibility index (Phi) is 9.29. The van der Waals surface area contributed by atoms with Crippen LogP contribution in [0.15, 0.2) is 0 Å². The Labute approximate surface area is 94.5 Å². The molecule has 5 heteroatoms. The van der Waals surface area contributed by atoms with Gasteiger partial charge in [-0.3, -0.25) is 0 Å². The topological polar surface area (TPSA) is 55.4 Å². The van der Waals surface area contributed by atoms with Gasteiger partial charge in [0.05, 0.1) is 18.4 Å². The van der Waals surface area contributed by atoms with E-state index in [-0.39, 0.29) is 5.54 Å². The summed E-state index contributed by atoms with van der Waals surface area (Å²) in [5, 5.41) is 0. The highest BCUT2D eigenvalue weighted by molar-refractivity contribution is 7.88. The zero-order valence-corrected chi connectivity index (χ0v) is 11.6. The van der Waals surface area contributed by atoms with Crippen molar-refractivity contribution in [3.63, 3.8) is 0 Å². The minimum absolute atomic E-state index is 0.381. The molecule has 1 fully saturated rings. The lowest BCUT2D eigenvalue weighted by atomic mass is 10.0. The number of ether oxygens (including phenoxy) is 1. The molecule has 15 heavy (non-hydrogen) atoms. The van der Waals surface area contributed by atoms with Gasteiger partial charge in [0.2, 0.25) is 10.0 Å². The molecule has 0 aromatic heterocycles. The van der Waals surface area contributed by atoms with Crippen molar-refractivity contribution in [1.82, 2.24) is 4.72 Å². The average molecular weight is 239 g/mol. The van der Waals surface area contributed by atoms with Gasteiger partial charge in [0.1, 0.15) is 0 Å². The smallest absolute Gasteiger partial charge is 0.209 e. The van der Waals surface area contributed by atoms with Crippen molar-refractivity contribution in [2.45, 2.75) is 46.6 Å². The fourth-order valence-electron chi connectivity index (χ4n) is 1.20. The summed E-state index contributed by atoms with van der Waals surface area (Å²) in [6.45, 7) is 11.0. The molecule has 1 aliphatic heterocycles. The molecular formula is C10H25NO3S. The number of hydrogen-bond acceptors (Lipinski definition) is 3. The quantitative estimate of drug-likeness (QED) is 0.799. The molecule has 94 valence electrons. The lowest BCUT2D eigenvalue weighted by Gasteiger charge is -2.21. The zero-order chi connectivity index (χ0) is 12.5. The third-order valence-corrected chi connectivity index (χ3v) is 2.51. The number of sulfonamides is 1. The van der Waals surface area contributed by atoms with Gasteiger partial charge in [0, 0.05) is 6.61 Å². The Morgan fingerprint density at radius 1 is 1.20 bits per heavy atom. The highest BCUT2D eigenvalue weighted by atomic mass is 32.2. The maximum Gasteiger partial charge on any atom is 0.209 e. The van der Waals surface area contributed by atoms with Crippen molar-refractivity contribution in [2.75, 3.05) is 19.5 Å². The van der Waals surface area contributed by atoms with E-state index in [0.29, 0.717) is 13.2 Å². The van der Waals surface area contributed by atoms with Crippen LogP contribution in [0.2, 0.25) is 0 Å². The normalized spacial score (nSPS) is 24.7. The molecule has 1 atom stereocenters. The third kappa shape index (κ3) is 8.84. The summed E-state index contributed by atoms with van der Waals surface area (Å²) in [4.78, 5) is 0. The van der Waals surface area contributed by atoms with Crippen LogP contribution in [0.1, 0.15) is 41.0 Å². The van der Waals surface area contributed by atoms with Crippen LogP contribution in [0.25, 0.3) is 0 Å². The van der Waals surface area contributed by atoms with Gasteiger partial charge in [-0.15, -0.1) is 0 Å². The monoisotopic (exact) mass is 239 g/mol. The summed E-state index contributed by atoms with van der Waals surface area (Å²) in [5.74, 6) is 0. The molecule has 4 nitrogen and oxygen atoms in total. The van der Waals surface area contributed by atoms with E-state index in [1.54, 1.807) is 0 Å². The molecule has 0 saturated carbocycles. The predicted octanol–water partition coefficient (Wildman–Crippen LogP) is 1.77. The van der Waals surface area contributed by atoms with Crippen LogP contribution >= 0.6 is 0 Å². The Balaban J connectivity index is 0. The van der Waals surface area contributed by atoms with E-state index in [0.717, 1.165) is 12.7 Å². The minimum Gasteiger partial charge on any atom is -0.379 e. The maximum absolute atomic E-state index is 10.8. The fraction of sp³-hybridized carbons (Fsp3) is 1.00. The first-order valence-corrected chi connectivity index (χ1v) is 7.37. The van der Waals surface area contributed by atoms with Gasteiger partial charge in [-0.25, -0.2) is 13.1 Å². The Hall–Kier alpha value is -0.130. The number of rotatable bonds is 2. The maximum atomic E-state index is 10.8. The molecule has 1 unspecified atom stereocenters. The van der Waals surface area contributed by atoms with Crippen molar-refractivity contribution in [2.24, 2.45) is 0 Å². The van der Waals surface area contributed by atoms with Gasteiger partial charge >= 0.3 is 0 Å². The average Bonchev–Trinajstić information content (AvgIpc) is 2.55. The van der Waals surface area contributed by atoms with Gasteiger partial charge in [-0.1, -0.05) is 27.7 Å². The highest BCUT2D eigenvalue weighted by Crippen LogP contribution is 2.17. The zero-order valence-electron chi connectivity index (χ0n) is 10.8. The Bertz CT molecular complexity index is 231. The Morgan fingerprint density at radius 2 is 1.67 bits per heavy atom. The second kappa shape index (κ2) is 8.07. The molecule has 0 spiro atoms. The van der Waals surface area contributed by atoms with Crippen LogP contribution in [0.4, 0.5) is 0 Å². The summed E-state index contributed by atoms with van der Waals surface area (Å²) < 4.78 is 29.3. The van der Waals surface area contributed by atoms with Crippen molar-refractivity contribution in [3.05, 3.63) is 0 Å². The van der Waals surface area contributed by atoms with E-state index >= 15 is 0 Å². The summed E-state index contributed by atoms with van der Waals surface area (Å²) in [5.41, 5.74) is -0.381. The molecular weight excluding hydrogens is 214 g/mol. The molecule has 0 bridgehead atoms. The second-order valence-electron chi connectivity index (χ2n) is 3.24. The van der Waals surface area contributed by atoms with E-state index in [4.69, 9.17) is 4.74 Å². The van der Waals surface area contributed by atoms with Crippen molar-refractivity contribution in [3.8, 4) is 0 Å². The van der Waals surface area contributed by atoms with Crippen LogP contribution in [0.3, 0.4) is 0 Å². The first-order chi connectivity index (χ1) is 6.91. The van der Waals surface area contributed by atoms with Gasteiger partial charge in [0.15, 0.2) is 0 Å². The van der Waals surface area contributed by atoms with Crippen LogP contribution in [0.5, 0.6) is 0 Å². The van der Waals surface area contributed by atoms with E-state index in [2.05, 4.69) is 4.72 Å². The molecule has 0 radical (unpaired) electrons. The van der Waals surface area contributed by atoms with Crippen molar-refractivity contribution >= 4 is 10.0 Å². The third-order valence-electron chi connectivity index (χ3n) is 1.65. The first kappa shape index (κ1) is 17.3. The molecule has 0 aliphatic carbocycles. The molecule has 0 aromatic carbocycles. The fourth-order valence-corrected chi connectivity index (χ4v) is 2.25. The number of nitrogens with one attached hydrogen (secondary N) is 1. The van der Waals surface area contributed by atoms with Crippen LogP contribution in [-0.2, 0) is 14.8 Å². The standard InChI is InChI=1S/C6H13NO3S.2C2H6/c1-6(3-4-10-5-6)7-11(2,8)9;2*1-2/h7H,3-5H2,1-2H3;2*1-2H3. The SMILES string of the molecule is CC.CC.CC1(NS(C)(=O)=O)CCOC1. The van der Waals surface area contributed by atoms with Gasteiger partial charge in [-0.2, -0.15) is 0 Å². The van der Waals surface area contributed by atoms with Gasteiger partial charge < -0.3 is 4.74 Å². The first-order valence-electron chi connectivity index (χ1n) is 5.48. The van der Waals surface area contributed by atoms with Crippen LogP contribution in [0, 0.1) is 0 Å². The summed E-state index contributed by atoms with van der Waals surface area (Å²) >= 11 is 0. The summed E-state index contributed by atoms with van der Waals surface area (Å²) in [6.07, 6.45) is 1.91. The van der Waals surface area contributed by atoms with E-state index in [1.807, 2.05) is 34.6 Å². The van der Waals surface area contributed by atoms with Gasteiger partial charge in [-0.05, 0) is 13.3 Å². The van der Waals surface area contributed by atoms with E-state index in [9.17, 15) is 8.42 Å². The second-order valence-corrected chi connectivity index (χ2v) is 4.99. The van der Waals surface area contributed by atoms with Crippen LogP contribution in [-0.4, -0.2) is 33.4 Å². The van der Waals surface area contributed by atoms with E-state index in [1.165, 1.54) is 0 Å². The molecule has 0 aromatic rings. The van der Waals surface area contributed by atoms with E-state index < -0.39 is 10.0 Å². The summed E-state index contributed by atoms with van der Waals surface area (Å²) in [7, 11) is -3.10. The van der Waals surface area contributed by atoms with Gasteiger partial charge in [0.25, 0.3) is 0 Å². The van der Waals surface area contributed by atoms with Crippen molar-refractivity contribution in [1.29, 1.82) is 0 Å². The predicted molar refractivity (Wildman–Crippen MR) is 64.5 cm³/mol. The lowest BCUT2D eigenvalue weighted by molar-refractivity contribution is 0.178. The minimum atomic E-state index is -3.10. The molecule has 1 heterocycles. The molecule has 0 amide bonds. The molecule has 1 rings (SSSR count). The molecule has 1 saturated heterocycles. The highest BCUT2D eigenvalue weighted by Gasteiger charge is 2.32. The molecule has 1 N–H and O–H groups in total. The lowest BCUT2D eigenvalue weighted by Crippen LogP contribution is -2.45. The van der Waals surface area contributed by atoms with Crippen LogP contribution < -0.4 is 4.72 Å².